The van der Waals surface area contributed by atoms with Crippen molar-refractivity contribution in [2.75, 3.05) is 6.54 Å². The van der Waals surface area contributed by atoms with E-state index in [2.05, 4.69) is 11.9 Å². The Bertz CT molecular complexity index is 399. The summed E-state index contributed by atoms with van der Waals surface area (Å²) < 4.78 is 0. The maximum atomic E-state index is 11.0. The molecule has 17 heavy (non-hydrogen) atoms. The summed E-state index contributed by atoms with van der Waals surface area (Å²) in [6.45, 7) is 7.48. The van der Waals surface area contributed by atoms with Crippen molar-refractivity contribution >= 4 is 5.91 Å². The molecule has 0 aliphatic carbocycles. The first-order valence-corrected chi connectivity index (χ1v) is 5.86. The zero-order valence-corrected chi connectivity index (χ0v) is 10.3. The summed E-state index contributed by atoms with van der Waals surface area (Å²) in [6, 6.07) is 5.56. The number of allylic oxidation sites excluding steroid dienone is 1. The highest BCUT2D eigenvalue weighted by molar-refractivity contribution is 5.93. The maximum Gasteiger partial charge on any atom is 0.248 e. The van der Waals surface area contributed by atoms with Crippen LogP contribution in [0.4, 0.5) is 0 Å². The average molecular weight is 232 g/mol. The molecule has 0 bridgehead atoms. The molecule has 1 amide bonds. The van der Waals surface area contributed by atoms with Crippen LogP contribution in [0.25, 0.3) is 0 Å². The molecule has 0 saturated carbocycles. The van der Waals surface area contributed by atoms with E-state index in [0.717, 1.165) is 31.5 Å². The lowest BCUT2D eigenvalue weighted by atomic mass is 10.0. The summed E-state index contributed by atoms with van der Waals surface area (Å²) in [5, 5.41) is 3.36. The first-order valence-electron chi connectivity index (χ1n) is 5.86. The van der Waals surface area contributed by atoms with Crippen molar-refractivity contribution < 1.29 is 4.79 Å². The Morgan fingerprint density at radius 3 is 2.88 bits per heavy atom. The van der Waals surface area contributed by atoms with Crippen LogP contribution in [0.2, 0.25) is 0 Å². The number of primary amides is 1. The molecule has 1 aromatic rings. The molecule has 3 heteroatoms. The molecule has 1 rings (SSSR count). The molecular weight excluding hydrogens is 212 g/mol. The number of hydrogen-bond acceptors (Lipinski definition) is 2. The fourth-order valence-electron chi connectivity index (χ4n) is 1.64. The number of rotatable bonds is 7. The van der Waals surface area contributed by atoms with Gasteiger partial charge in [0.15, 0.2) is 0 Å². The standard InChI is InChI=1S/C14H20N2O/c1-3-4-5-8-16-10-13-7-6-12(14(15)17)9-11(13)2/h3,6-7,9,16H,1,4-5,8,10H2,2H3,(H2,15,17). The van der Waals surface area contributed by atoms with E-state index in [1.165, 1.54) is 5.56 Å². The normalized spacial score (nSPS) is 10.2. The Kier molecular flexibility index (Phi) is 5.43. The number of aryl methyl sites for hydroxylation is 1. The fourth-order valence-corrected chi connectivity index (χ4v) is 1.64. The molecule has 3 nitrogen and oxygen atoms in total. The number of nitrogens with one attached hydrogen (secondary N) is 1. The van der Waals surface area contributed by atoms with Crippen molar-refractivity contribution in [1.82, 2.24) is 5.32 Å². The Morgan fingerprint density at radius 1 is 1.53 bits per heavy atom. The van der Waals surface area contributed by atoms with Crippen LogP contribution in [-0.4, -0.2) is 12.5 Å². The van der Waals surface area contributed by atoms with Gasteiger partial charge in [-0.3, -0.25) is 4.79 Å². The smallest absolute Gasteiger partial charge is 0.248 e. The monoisotopic (exact) mass is 232 g/mol. The molecule has 0 aliphatic heterocycles. The van der Waals surface area contributed by atoms with E-state index in [1.54, 1.807) is 6.07 Å². The lowest BCUT2D eigenvalue weighted by molar-refractivity contribution is 0.1000. The molecule has 0 heterocycles. The van der Waals surface area contributed by atoms with Gasteiger partial charge < -0.3 is 11.1 Å². The van der Waals surface area contributed by atoms with E-state index in [-0.39, 0.29) is 5.91 Å². The molecule has 0 aromatic heterocycles. The Hall–Kier alpha value is -1.61. The number of carbonyl (C=O) groups is 1. The summed E-state index contributed by atoms with van der Waals surface area (Å²) >= 11 is 0. The third-order valence-corrected chi connectivity index (χ3v) is 2.70. The molecule has 0 aliphatic rings. The minimum atomic E-state index is -0.376. The lowest BCUT2D eigenvalue weighted by Crippen LogP contribution is -2.16. The minimum Gasteiger partial charge on any atom is -0.366 e. The Balaban J connectivity index is 2.49. The highest BCUT2D eigenvalue weighted by atomic mass is 16.1. The first kappa shape index (κ1) is 13.5. The summed E-state index contributed by atoms with van der Waals surface area (Å²) in [5.74, 6) is -0.376. The van der Waals surface area contributed by atoms with E-state index in [0.29, 0.717) is 5.56 Å². The molecule has 0 fully saturated rings. The van der Waals surface area contributed by atoms with Crippen LogP contribution < -0.4 is 11.1 Å². The topological polar surface area (TPSA) is 55.1 Å². The first-order chi connectivity index (χ1) is 8.15. The third-order valence-electron chi connectivity index (χ3n) is 2.70. The van der Waals surface area contributed by atoms with Crippen molar-refractivity contribution in [2.45, 2.75) is 26.3 Å². The van der Waals surface area contributed by atoms with Crippen LogP contribution >= 0.6 is 0 Å². The molecular formula is C14H20N2O. The summed E-state index contributed by atoms with van der Waals surface area (Å²) in [5.41, 5.74) is 8.09. The van der Waals surface area contributed by atoms with Crippen molar-refractivity contribution in [3.8, 4) is 0 Å². The molecule has 0 spiro atoms. The van der Waals surface area contributed by atoms with Crippen molar-refractivity contribution in [1.29, 1.82) is 0 Å². The average Bonchev–Trinajstić information content (AvgIpc) is 2.30. The maximum absolute atomic E-state index is 11.0. The van der Waals surface area contributed by atoms with Crippen LogP contribution in [0.5, 0.6) is 0 Å². The lowest BCUT2D eigenvalue weighted by Gasteiger charge is -2.08. The zero-order valence-electron chi connectivity index (χ0n) is 10.3. The van der Waals surface area contributed by atoms with Gasteiger partial charge in [-0.25, -0.2) is 0 Å². The number of amides is 1. The molecule has 1 aromatic carbocycles. The minimum absolute atomic E-state index is 0.376. The van der Waals surface area contributed by atoms with E-state index in [1.807, 2.05) is 25.1 Å². The van der Waals surface area contributed by atoms with Crippen molar-refractivity contribution in [2.24, 2.45) is 5.73 Å². The van der Waals surface area contributed by atoms with Gasteiger partial charge in [-0.1, -0.05) is 12.1 Å². The van der Waals surface area contributed by atoms with Gasteiger partial charge in [0.2, 0.25) is 5.91 Å². The number of nitrogens with two attached hydrogens (primary N) is 1. The van der Waals surface area contributed by atoms with E-state index < -0.39 is 0 Å². The number of hydrogen-bond donors (Lipinski definition) is 2. The van der Waals surface area contributed by atoms with Crippen LogP contribution in [-0.2, 0) is 6.54 Å². The second-order valence-corrected chi connectivity index (χ2v) is 4.11. The molecule has 0 radical (unpaired) electrons. The quantitative estimate of drug-likeness (QED) is 0.559. The van der Waals surface area contributed by atoms with Gasteiger partial charge >= 0.3 is 0 Å². The van der Waals surface area contributed by atoms with Crippen LogP contribution in [0.1, 0.15) is 34.3 Å². The Morgan fingerprint density at radius 2 is 2.29 bits per heavy atom. The van der Waals surface area contributed by atoms with E-state index in [4.69, 9.17) is 5.73 Å². The van der Waals surface area contributed by atoms with Gasteiger partial charge in [0, 0.05) is 12.1 Å². The fraction of sp³-hybridized carbons (Fsp3) is 0.357. The van der Waals surface area contributed by atoms with Gasteiger partial charge in [-0.15, -0.1) is 6.58 Å². The van der Waals surface area contributed by atoms with Crippen molar-refractivity contribution in [3.63, 3.8) is 0 Å². The van der Waals surface area contributed by atoms with Crippen LogP contribution in [0, 0.1) is 6.92 Å². The van der Waals surface area contributed by atoms with Crippen LogP contribution in [0.15, 0.2) is 30.9 Å². The Labute approximate surface area is 103 Å². The molecule has 0 atom stereocenters. The van der Waals surface area contributed by atoms with Gasteiger partial charge in [0.05, 0.1) is 0 Å². The third kappa shape index (κ3) is 4.41. The van der Waals surface area contributed by atoms with E-state index >= 15 is 0 Å². The molecule has 0 unspecified atom stereocenters. The second kappa shape index (κ2) is 6.86. The second-order valence-electron chi connectivity index (χ2n) is 4.11. The van der Waals surface area contributed by atoms with Gasteiger partial charge in [-0.05, 0) is 49.6 Å². The summed E-state index contributed by atoms with van der Waals surface area (Å²) in [6.07, 6.45) is 4.06. The molecule has 3 N–H and O–H groups in total. The van der Waals surface area contributed by atoms with Gasteiger partial charge in [0.1, 0.15) is 0 Å². The highest BCUT2D eigenvalue weighted by Crippen LogP contribution is 2.10. The number of carbonyl (C=O) groups excluding carboxylic acids is 1. The summed E-state index contributed by atoms with van der Waals surface area (Å²) in [7, 11) is 0. The predicted molar refractivity (Wildman–Crippen MR) is 70.8 cm³/mol. The van der Waals surface area contributed by atoms with Crippen molar-refractivity contribution in [3.05, 3.63) is 47.5 Å². The highest BCUT2D eigenvalue weighted by Gasteiger charge is 2.03. The SMILES string of the molecule is C=CCCCNCc1ccc(C(N)=O)cc1C. The predicted octanol–water partition coefficient (Wildman–Crippen LogP) is 2.15. The number of unbranched alkanes of at least 4 members (excludes halogenated alkanes) is 1. The largest absolute Gasteiger partial charge is 0.366 e. The molecule has 92 valence electrons. The number of benzene rings is 1. The van der Waals surface area contributed by atoms with E-state index in [9.17, 15) is 4.79 Å². The van der Waals surface area contributed by atoms with Crippen LogP contribution in [0.3, 0.4) is 0 Å². The van der Waals surface area contributed by atoms with Gasteiger partial charge in [-0.2, -0.15) is 0 Å². The van der Waals surface area contributed by atoms with Gasteiger partial charge in [0.25, 0.3) is 0 Å². The summed E-state index contributed by atoms with van der Waals surface area (Å²) in [4.78, 5) is 11.0. The zero-order chi connectivity index (χ0) is 12.7. The molecule has 0 saturated heterocycles.